The Morgan fingerprint density at radius 1 is 1.35 bits per heavy atom. The minimum absolute atomic E-state index is 0.322. The number of benzene rings is 1. The predicted molar refractivity (Wildman–Crippen MR) is 79.2 cm³/mol. The molecule has 0 radical (unpaired) electrons. The second-order valence-corrected chi connectivity index (χ2v) is 5.14. The number of hydrogen-bond donors (Lipinski definition) is 1. The molecule has 1 aliphatic heterocycles. The van der Waals surface area contributed by atoms with Crippen LogP contribution < -0.4 is 15.4 Å². The van der Waals surface area contributed by atoms with Crippen LogP contribution in [-0.4, -0.2) is 23.6 Å². The van der Waals surface area contributed by atoms with Gasteiger partial charge in [-0.15, -0.1) is 0 Å². The topological polar surface area (TPSA) is 64.3 Å². The van der Waals surface area contributed by atoms with Gasteiger partial charge in [0.2, 0.25) is 0 Å². The van der Waals surface area contributed by atoms with Crippen molar-refractivity contribution in [3.63, 3.8) is 0 Å². The monoisotopic (exact) mass is 290 g/mol. The van der Waals surface area contributed by atoms with Gasteiger partial charge in [-0.1, -0.05) is 17.7 Å². The Labute approximate surface area is 122 Å². The van der Waals surface area contributed by atoms with Crippen LogP contribution in [0.2, 0.25) is 5.02 Å². The van der Waals surface area contributed by atoms with E-state index in [0.29, 0.717) is 16.9 Å². The van der Waals surface area contributed by atoms with Gasteiger partial charge < -0.3 is 15.4 Å². The van der Waals surface area contributed by atoms with Gasteiger partial charge in [0.1, 0.15) is 5.02 Å². The van der Waals surface area contributed by atoms with Crippen molar-refractivity contribution in [3.8, 4) is 6.01 Å². The van der Waals surface area contributed by atoms with Crippen LogP contribution in [0.5, 0.6) is 6.01 Å². The molecular formula is C14H15ClN4O. The molecule has 2 heterocycles. The molecule has 1 aromatic heterocycles. The van der Waals surface area contributed by atoms with E-state index in [1.54, 1.807) is 13.3 Å². The van der Waals surface area contributed by atoms with Crippen molar-refractivity contribution in [1.82, 2.24) is 9.97 Å². The molecule has 0 atom stereocenters. The molecule has 0 amide bonds. The molecule has 2 aromatic rings. The maximum absolute atomic E-state index is 6.20. The minimum Gasteiger partial charge on any atom is -0.467 e. The Morgan fingerprint density at radius 2 is 2.20 bits per heavy atom. The lowest BCUT2D eigenvalue weighted by molar-refractivity contribution is 0.379. The van der Waals surface area contributed by atoms with Crippen LogP contribution in [0.3, 0.4) is 0 Å². The third-order valence-corrected chi connectivity index (χ3v) is 3.69. The van der Waals surface area contributed by atoms with Gasteiger partial charge in [0.05, 0.1) is 13.3 Å². The average Bonchev–Trinajstić information content (AvgIpc) is 2.47. The van der Waals surface area contributed by atoms with Crippen molar-refractivity contribution in [2.75, 3.05) is 24.3 Å². The van der Waals surface area contributed by atoms with Crippen LogP contribution in [0, 0.1) is 0 Å². The molecule has 0 spiro atoms. The zero-order valence-corrected chi connectivity index (χ0v) is 11.9. The Kier molecular flexibility index (Phi) is 3.36. The Hall–Kier alpha value is -2.01. The lowest BCUT2D eigenvalue weighted by Gasteiger charge is -2.30. The quantitative estimate of drug-likeness (QED) is 0.860. The zero-order valence-electron chi connectivity index (χ0n) is 11.1. The number of ether oxygens (including phenoxy) is 1. The van der Waals surface area contributed by atoms with Gasteiger partial charge in [0.25, 0.3) is 0 Å². The highest BCUT2D eigenvalue weighted by Crippen LogP contribution is 2.30. The van der Waals surface area contributed by atoms with Crippen LogP contribution in [0.4, 0.5) is 11.5 Å². The number of nitrogen functional groups attached to an aromatic ring is 1. The molecular weight excluding hydrogens is 276 g/mol. The number of halogens is 1. The maximum Gasteiger partial charge on any atom is 0.318 e. The third kappa shape index (κ3) is 2.36. The van der Waals surface area contributed by atoms with Gasteiger partial charge in [0, 0.05) is 18.8 Å². The predicted octanol–water partition coefficient (Wildman–Crippen LogP) is 2.28. The fraction of sp³-hybridized carbons (Fsp3) is 0.286. The van der Waals surface area contributed by atoms with Crippen molar-refractivity contribution < 1.29 is 4.74 Å². The number of nitrogens with two attached hydrogens (primary N) is 1. The molecule has 104 valence electrons. The summed E-state index contributed by atoms with van der Waals surface area (Å²) in [5.74, 6) is 0.701. The van der Waals surface area contributed by atoms with Gasteiger partial charge in [-0.05, 0) is 29.7 Å². The minimum atomic E-state index is 0.322. The van der Waals surface area contributed by atoms with E-state index in [4.69, 9.17) is 22.1 Å². The molecule has 6 heteroatoms. The van der Waals surface area contributed by atoms with Crippen molar-refractivity contribution in [2.45, 2.75) is 13.0 Å². The van der Waals surface area contributed by atoms with E-state index in [1.807, 2.05) is 12.1 Å². The highest BCUT2D eigenvalue weighted by Gasteiger charge is 2.20. The SMILES string of the molecule is COc1ncc(Cl)c(N2CCc3ccc(N)cc3C2)n1. The fourth-order valence-corrected chi connectivity index (χ4v) is 2.63. The second kappa shape index (κ2) is 5.17. The average molecular weight is 291 g/mol. The molecule has 0 bridgehead atoms. The highest BCUT2D eigenvalue weighted by atomic mass is 35.5. The van der Waals surface area contributed by atoms with E-state index >= 15 is 0 Å². The van der Waals surface area contributed by atoms with Crippen molar-refractivity contribution >= 4 is 23.1 Å². The van der Waals surface area contributed by atoms with Gasteiger partial charge in [-0.3, -0.25) is 0 Å². The summed E-state index contributed by atoms with van der Waals surface area (Å²) in [5.41, 5.74) is 9.17. The van der Waals surface area contributed by atoms with Gasteiger partial charge in [-0.2, -0.15) is 4.98 Å². The molecule has 0 unspecified atom stereocenters. The summed E-state index contributed by atoms with van der Waals surface area (Å²) in [6.45, 7) is 1.59. The van der Waals surface area contributed by atoms with Crippen LogP contribution in [-0.2, 0) is 13.0 Å². The molecule has 1 aliphatic rings. The lowest BCUT2D eigenvalue weighted by atomic mass is 9.99. The third-order valence-electron chi connectivity index (χ3n) is 3.43. The molecule has 5 nitrogen and oxygen atoms in total. The zero-order chi connectivity index (χ0) is 14.1. The normalized spacial score (nSPS) is 14.0. The van der Waals surface area contributed by atoms with E-state index < -0.39 is 0 Å². The highest BCUT2D eigenvalue weighted by molar-refractivity contribution is 6.32. The van der Waals surface area contributed by atoms with Crippen LogP contribution >= 0.6 is 11.6 Å². The first-order chi connectivity index (χ1) is 9.67. The standard InChI is InChI=1S/C14H15ClN4O/c1-20-14-17-7-12(15)13(18-14)19-5-4-9-2-3-11(16)6-10(9)8-19/h2-3,6-7H,4-5,8,16H2,1H3. The van der Waals surface area contributed by atoms with Crippen molar-refractivity contribution in [3.05, 3.63) is 40.5 Å². The first-order valence-corrected chi connectivity index (χ1v) is 6.74. The molecule has 0 aliphatic carbocycles. The molecule has 0 fully saturated rings. The first-order valence-electron chi connectivity index (χ1n) is 6.36. The summed E-state index contributed by atoms with van der Waals surface area (Å²) >= 11 is 6.20. The Balaban J connectivity index is 1.93. The maximum atomic E-state index is 6.20. The van der Waals surface area contributed by atoms with Crippen molar-refractivity contribution in [2.24, 2.45) is 0 Å². The van der Waals surface area contributed by atoms with Crippen LogP contribution in [0.25, 0.3) is 0 Å². The molecule has 3 rings (SSSR count). The number of hydrogen-bond acceptors (Lipinski definition) is 5. The van der Waals surface area contributed by atoms with E-state index in [9.17, 15) is 0 Å². The lowest BCUT2D eigenvalue weighted by Crippen LogP contribution is -2.31. The summed E-state index contributed by atoms with van der Waals surface area (Å²) in [6, 6.07) is 6.36. The summed E-state index contributed by atoms with van der Waals surface area (Å²) in [7, 11) is 1.54. The van der Waals surface area contributed by atoms with Crippen LogP contribution in [0.15, 0.2) is 24.4 Å². The summed E-state index contributed by atoms with van der Waals surface area (Å²) in [4.78, 5) is 10.5. The number of fused-ring (bicyclic) bond motifs is 1. The summed E-state index contributed by atoms with van der Waals surface area (Å²) < 4.78 is 5.06. The Bertz CT molecular complexity index is 647. The van der Waals surface area contributed by atoms with Crippen molar-refractivity contribution in [1.29, 1.82) is 0 Å². The van der Waals surface area contributed by atoms with Crippen LogP contribution in [0.1, 0.15) is 11.1 Å². The van der Waals surface area contributed by atoms with E-state index in [1.165, 1.54) is 11.1 Å². The molecule has 0 saturated carbocycles. The van der Waals surface area contributed by atoms with Gasteiger partial charge in [0.15, 0.2) is 5.82 Å². The van der Waals surface area contributed by atoms with E-state index in [2.05, 4.69) is 20.9 Å². The first kappa shape index (κ1) is 13.0. The molecule has 1 aromatic carbocycles. The number of rotatable bonds is 2. The Morgan fingerprint density at radius 3 is 3.00 bits per heavy atom. The van der Waals surface area contributed by atoms with E-state index in [-0.39, 0.29) is 0 Å². The smallest absolute Gasteiger partial charge is 0.318 e. The summed E-state index contributed by atoms with van der Waals surface area (Å²) in [6.07, 6.45) is 2.51. The molecule has 20 heavy (non-hydrogen) atoms. The fourth-order valence-electron chi connectivity index (χ4n) is 2.42. The molecule has 2 N–H and O–H groups in total. The summed E-state index contributed by atoms with van der Waals surface area (Å²) in [5, 5.41) is 0.526. The number of nitrogens with zero attached hydrogens (tertiary/aromatic N) is 3. The molecule has 0 saturated heterocycles. The number of methoxy groups -OCH3 is 1. The second-order valence-electron chi connectivity index (χ2n) is 4.73. The largest absolute Gasteiger partial charge is 0.467 e. The van der Waals surface area contributed by atoms with E-state index in [0.717, 1.165) is 25.2 Å². The number of aromatic nitrogens is 2. The van der Waals surface area contributed by atoms with Gasteiger partial charge >= 0.3 is 6.01 Å². The van der Waals surface area contributed by atoms with Gasteiger partial charge in [-0.25, -0.2) is 4.98 Å². The number of anilines is 2.